The summed E-state index contributed by atoms with van der Waals surface area (Å²) >= 11 is 0. The summed E-state index contributed by atoms with van der Waals surface area (Å²) in [6.07, 6.45) is 3.85. The Kier molecular flexibility index (Phi) is 1.79. The van der Waals surface area contributed by atoms with Crippen molar-refractivity contribution in [1.82, 2.24) is 4.90 Å². The molecule has 0 amide bonds. The molecule has 1 aliphatic rings. The van der Waals surface area contributed by atoms with Crippen LogP contribution in [0.4, 0.5) is 0 Å². The normalized spacial score (nSPS) is 28.9. The van der Waals surface area contributed by atoms with Crippen LogP contribution in [0.25, 0.3) is 0 Å². The van der Waals surface area contributed by atoms with E-state index in [0.29, 0.717) is 6.04 Å². The van der Waals surface area contributed by atoms with Crippen LogP contribution in [0.5, 0.6) is 0 Å². The SMILES string of the molecule is C=C1CCC[C@@H](C)N1C. The molecule has 1 heterocycles. The van der Waals surface area contributed by atoms with Crippen molar-refractivity contribution in [1.29, 1.82) is 0 Å². The second-order valence-corrected chi connectivity index (χ2v) is 2.92. The van der Waals surface area contributed by atoms with Crippen molar-refractivity contribution in [2.75, 3.05) is 7.05 Å². The standard InChI is InChI=1S/C8H15N/c1-7-5-4-6-8(2)9(7)3/h8H,1,4-6H2,2-3H3/t8-/m1/s1. The van der Waals surface area contributed by atoms with Gasteiger partial charge in [0.2, 0.25) is 0 Å². The molecule has 0 aromatic heterocycles. The first kappa shape index (κ1) is 6.66. The quantitative estimate of drug-likeness (QED) is 0.478. The van der Waals surface area contributed by atoms with Crippen LogP contribution in [0.2, 0.25) is 0 Å². The van der Waals surface area contributed by atoms with Crippen LogP contribution in [0, 0.1) is 0 Å². The summed E-state index contributed by atoms with van der Waals surface area (Å²) in [4.78, 5) is 2.28. The minimum atomic E-state index is 0.714. The molecule has 52 valence electrons. The monoisotopic (exact) mass is 125 g/mol. The van der Waals surface area contributed by atoms with Gasteiger partial charge in [-0.2, -0.15) is 0 Å². The first-order chi connectivity index (χ1) is 4.22. The van der Waals surface area contributed by atoms with Crippen LogP contribution >= 0.6 is 0 Å². The van der Waals surface area contributed by atoms with Gasteiger partial charge in [0, 0.05) is 18.8 Å². The van der Waals surface area contributed by atoms with E-state index in [1.54, 1.807) is 0 Å². The average Bonchev–Trinajstić information content (AvgIpc) is 1.83. The number of rotatable bonds is 0. The van der Waals surface area contributed by atoms with Gasteiger partial charge in [-0.25, -0.2) is 0 Å². The van der Waals surface area contributed by atoms with E-state index in [2.05, 4.69) is 25.5 Å². The Hall–Kier alpha value is -0.460. The predicted molar refractivity (Wildman–Crippen MR) is 40.2 cm³/mol. The summed E-state index contributed by atoms with van der Waals surface area (Å²) in [7, 11) is 2.13. The predicted octanol–water partition coefficient (Wildman–Crippen LogP) is 2.00. The number of nitrogens with zero attached hydrogens (tertiary/aromatic N) is 1. The molecule has 0 N–H and O–H groups in total. The molecular weight excluding hydrogens is 110 g/mol. The Morgan fingerprint density at radius 3 is 2.78 bits per heavy atom. The Morgan fingerprint density at radius 1 is 1.67 bits per heavy atom. The van der Waals surface area contributed by atoms with E-state index in [0.717, 1.165) is 0 Å². The van der Waals surface area contributed by atoms with Gasteiger partial charge in [-0.05, 0) is 26.2 Å². The minimum absolute atomic E-state index is 0.714. The lowest BCUT2D eigenvalue weighted by Gasteiger charge is -2.33. The second kappa shape index (κ2) is 2.42. The van der Waals surface area contributed by atoms with Crippen LogP contribution < -0.4 is 0 Å². The molecule has 1 aliphatic heterocycles. The third-order valence-corrected chi connectivity index (χ3v) is 2.25. The fraction of sp³-hybridized carbons (Fsp3) is 0.750. The molecule has 0 radical (unpaired) electrons. The van der Waals surface area contributed by atoms with Crippen LogP contribution in [-0.4, -0.2) is 18.0 Å². The molecule has 0 unspecified atom stereocenters. The Bertz CT molecular complexity index is 118. The fourth-order valence-electron chi connectivity index (χ4n) is 1.28. The van der Waals surface area contributed by atoms with Gasteiger partial charge >= 0.3 is 0 Å². The molecule has 9 heavy (non-hydrogen) atoms. The van der Waals surface area contributed by atoms with E-state index in [-0.39, 0.29) is 0 Å². The van der Waals surface area contributed by atoms with Gasteiger partial charge in [-0.15, -0.1) is 0 Å². The summed E-state index contributed by atoms with van der Waals surface area (Å²) < 4.78 is 0. The van der Waals surface area contributed by atoms with Gasteiger partial charge in [0.15, 0.2) is 0 Å². The Balaban J connectivity index is 2.51. The first-order valence-corrected chi connectivity index (χ1v) is 3.62. The highest BCUT2D eigenvalue weighted by molar-refractivity contribution is 4.97. The zero-order chi connectivity index (χ0) is 6.85. The van der Waals surface area contributed by atoms with Crippen molar-refractivity contribution in [3.05, 3.63) is 12.3 Å². The zero-order valence-electron chi connectivity index (χ0n) is 6.35. The maximum absolute atomic E-state index is 3.97. The van der Waals surface area contributed by atoms with Crippen LogP contribution in [0.1, 0.15) is 26.2 Å². The lowest BCUT2D eigenvalue weighted by molar-refractivity contribution is 0.258. The first-order valence-electron chi connectivity index (χ1n) is 3.62. The number of piperidine rings is 1. The van der Waals surface area contributed by atoms with Crippen molar-refractivity contribution in [3.63, 3.8) is 0 Å². The maximum Gasteiger partial charge on any atom is 0.0255 e. The largest absolute Gasteiger partial charge is 0.376 e. The third-order valence-electron chi connectivity index (χ3n) is 2.25. The lowest BCUT2D eigenvalue weighted by Crippen LogP contribution is -2.31. The molecule has 0 spiro atoms. The summed E-state index contributed by atoms with van der Waals surface area (Å²) in [5.41, 5.74) is 1.30. The van der Waals surface area contributed by atoms with Gasteiger partial charge in [0.1, 0.15) is 0 Å². The van der Waals surface area contributed by atoms with E-state index in [9.17, 15) is 0 Å². The third kappa shape index (κ3) is 1.26. The van der Waals surface area contributed by atoms with Crippen LogP contribution in [0.15, 0.2) is 12.3 Å². The lowest BCUT2D eigenvalue weighted by atomic mass is 10.0. The zero-order valence-corrected chi connectivity index (χ0v) is 6.35. The van der Waals surface area contributed by atoms with E-state index in [1.165, 1.54) is 25.0 Å². The number of likely N-dealkylation sites (tertiary alicyclic amines) is 1. The van der Waals surface area contributed by atoms with Crippen LogP contribution in [-0.2, 0) is 0 Å². The van der Waals surface area contributed by atoms with Crippen molar-refractivity contribution in [3.8, 4) is 0 Å². The van der Waals surface area contributed by atoms with Gasteiger partial charge in [0.25, 0.3) is 0 Å². The van der Waals surface area contributed by atoms with Crippen molar-refractivity contribution >= 4 is 0 Å². The van der Waals surface area contributed by atoms with E-state index in [4.69, 9.17) is 0 Å². The van der Waals surface area contributed by atoms with Crippen molar-refractivity contribution in [2.24, 2.45) is 0 Å². The molecule has 1 heteroatoms. The highest BCUT2D eigenvalue weighted by Crippen LogP contribution is 2.21. The van der Waals surface area contributed by atoms with Gasteiger partial charge < -0.3 is 4.90 Å². The van der Waals surface area contributed by atoms with Crippen molar-refractivity contribution < 1.29 is 0 Å². The fourth-order valence-corrected chi connectivity index (χ4v) is 1.28. The summed E-state index contributed by atoms with van der Waals surface area (Å²) in [6.45, 7) is 6.23. The highest BCUT2D eigenvalue weighted by Gasteiger charge is 2.15. The summed E-state index contributed by atoms with van der Waals surface area (Å²) in [5.74, 6) is 0. The molecule has 1 rings (SSSR count). The molecular formula is C8H15N. The number of hydrogen-bond acceptors (Lipinski definition) is 1. The van der Waals surface area contributed by atoms with Gasteiger partial charge in [0.05, 0.1) is 0 Å². The molecule has 0 bridgehead atoms. The highest BCUT2D eigenvalue weighted by atomic mass is 15.1. The van der Waals surface area contributed by atoms with E-state index in [1.807, 2.05) is 0 Å². The Morgan fingerprint density at radius 2 is 2.33 bits per heavy atom. The maximum atomic E-state index is 3.97. The van der Waals surface area contributed by atoms with E-state index < -0.39 is 0 Å². The number of allylic oxidation sites excluding steroid dienone is 1. The smallest absolute Gasteiger partial charge is 0.0255 e. The summed E-state index contributed by atoms with van der Waals surface area (Å²) in [5, 5.41) is 0. The second-order valence-electron chi connectivity index (χ2n) is 2.92. The molecule has 0 aromatic carbocycles. The average molecular weight is 125 g/mol. The molecule has 1 nitrogen and oxygen atoms in total. The van der Waals surface area contributed by atoms with Crippen LogP contribution in [0.3, 0.4) is 0 Å². The molecule has 0 aliphatic carbocycles. The van der Waals surface area contributed by atoms with Gasteiger partial charge in [-0.3, -0.25) is 0 Å². The minimum Gasteiger partial charge on any atom is -0.376 e. The Labute approximate surface area is 57.4 Å². The van der Waals surface area contributed by atoms with Gasteiger partial charge in [-0.1, -0.05) is 6.58 Å². The molecule has 0 aromatic rings. The topological polar surface area (TPSA) is 3.24 Å². The molecule has 1 saturated heterocycles. The van der Waals surface area contributed by atoms with E-state index >= 15 is 0 Å². The molecule has 1 fully saturated rings. The van der Waals surface area contributed by atoms with Crippen molar-refractivity contribution in [2.45, 2.75) is 32.2 Å². The number of hydrogen-bond donors (Lipinski definition) is 0. The molecule has 0 saturated carbocycles. The molecule has 1 atom stereocenters. The summed E-state index contributed by atoms with van der Waals surface area (Å²) in [6, 6.07) is 0.714.